The Hall–Kier alpha value is -1.23. The van der Waals surface area contributed by atoms with Crippen LogP contribution in [0.2, 0.25) is 0 Å². The summed E-state index contributed by atoms with van der Waals surface area (Å²) in [6.07, 6.45) is 2.22. The quantitative estimate of drug-likeness (QED) is 0.378. The van der Waals surface area contributed by atoms with Gasteiger partial charge in [-0.15, -0.1) is 12.6 Å². The molecule has 5 heteroatoms. The summed E-state index contributed by atoms with van der Waals surface area (Å²) in [5, 5.41) is 2.25. The van der Waals surface area contributed by atoms with Gasteiger partial charge in [-0.2, -0.15) is 0 Å². The molecule has 0 fully saturated rings. The van der Waals surface area contributed by atoms with E-state index in [2.05, 4.69) is 29.3 Å². The molecule has 0 aromatic rings. The molecule has 12 heavy (non-hydrogen) atoms. The number of hydrogen-bond donors (Lipinski definition) is 2. The minimum atomic E-state index is -0.609. The predicted molar refractivity (Wildman–Crippen MR) is 47.4 cm³/mol. The zero-order valence-electron chi connectivity index (χ0n) is 6.53. The summed E-state index contributed by atoms with van der Waals surface area (Å²) >= 11 is 3.76. The van der Waals surface area contributed by atoms with Crippen molar-refractivity contribution in [2.75, 3.05) is 7.11 Å². The summed E-state index contributed by atoms with van der Waals surface area (Å²) in [4.78, 5) is 21.3. The van der Waals surface area contributed by atoms with Crippen LogP contribution in [0.4, 0.5) is 0 Å². The van der Waals surface area contributed by atoms with Crippen molar-refractivity contribution in [2.45, 2.75) is 0 Å². The van der Waals surface area contributed by atoms with Crippen molar-refractivity contribution in [1.29, 1.82) is 0 Å². The van der Waals surface area contributed by atoms with Gasteiger partial charge in [-0.25, -0.2) is 4.79 Å². The number of thiol groups is 1. The number of amides is 1. The SMILES string of the molecule is C=CC(=O)NC=C(S)C(=O)OC. The second-order valence-corrected chi connectivity index (χ2v) is 2.22. The second-order valence-electron chi connectivity index (χ2n) is 1.73. The highest BCUT2D eigenvalue weighted by Crippen LogP contribution is 1.99. The van der Waals surface area contributed by atoms with E-state index in [1.54, 1.807) is 0 Å². The van der Waals surface area contributed by atoms with Gasteiger partial charge in [0.25, 0.3) is 0 Å². The Kier molecular flexibility index (Phi) is 4.87. The van der Waals surface area contributed by atoms with Gasteiger partial charge in [0, 0.05) is 6.20 Å². The Balaban J connectivity index is 4.09. The Morgan fingerprint density at radius 2 is 2.17 bits per heavy atom. The van der Waals surface area contributed by atoms with Crippen LogP contribution in [-0.2, 0) is 14.3 Å². The van der Waals surface area contributed by atoms with Crippen molar-refractivity contribution in [2.24, 2.45) is 0 Å². The molecule has 0 radical (unpaired) electrons. The van der Waals surface area contributed by atoms with Gasteiger partial charge in [0.2, 0.25) is 5.91 Å². The molecule has 1 amide bonds. The van der Waals surface area contributed by atoms with E-state index in [-0.39, 0.29) is 4.91 Å². The molecular weight excluding hydrogens is 178 g/mol. The van der Waals surface area contributed by atoms with Gasteiger partial charge in [-0.3, -0.25) is 4.79 Å². The van der Waals surface area contributed by atoms with Gasteiger partial charge in [-0.05, 0) is 6.08 Å². The first kappa shape index (κ1) is 10.8. The molecule has 0 aliphatic heterocycles. The zero-order chi connectivity index (χ0) is 9.56. The number of rotatable bonds is 3. The smallest absolute Gasteiger partial charge is 0.345 e. The van der Waals surface area contributed by atoms with Crippen LogP contribution in [0.3, 0.4) is 0 Å². The molecule has 0 aromatic carbocycles. The Morgan fingerprint density at radius 1 is 1.58 bits per heavy atom. The summed E-state index contributed by atoms with van der Waals surface area (Å²) in [6.45, 7) is 3.22. The lowest BCUT2D eigenvalue weighted by molar-refractivity contribution is -0.135. The van der Waals surface area contributed by atoms with Crippen LogP contribution in [-0.4, -0.2) is 19.0 Å². The largest absolute Gasteiger partial charge is 0.465 e. The monoisotopic (exact) mass is 187 g/mol. The maximum absolute atomic E-state index is 10.7. The second kappa shape index (κ2) is 5.42. The summed E-state index contributed by atoms with van der Waals surface area (Å²) < 4.78 is 4.32. The number of carbonyl (C=O) groups is 2. The van der Waals surface area contributed by atoms with Gasteiger partial charge < -0.3 is 10.1 Å². The maximum atomic E-state index is 10.7. The molecule has 0 bridgehead atoms. The van der Waals surface area contributed by atoms with Gasteiger partial charge in [0.15, 0.2) is 0 Å². The molecule has 0 aliphatic rings. The van der Waals surface area contributed by atoms with E-state index < -0.39 is 11.9 Å². The van der Waals surface area contributed by atoms with E-state index in [1.165, 1.54) is 7.11 Å². The van der Waals surface area contributed by atoms with E-state index in [9.17, 15) is 9.59 Å². The highest BCUT2D eigenvalue weighted by atomic mass is 32.1. The van der Waals surface area contributed by atoms with Crippen molar-refractivity contribution in [3.05, 3.63) is 23.8 Å². The molecule has 0 unspecified atom stereocenters. The number of hydrogen-bond acceptors (Lipinski definition) is 4. The average molecular weight is 187 g/mol. The first-order valence-corrected chi connectivity index (χ1v) is 3.47. The molecule has 0 aromatic heterocycles. The molecule has 66 valence electrons. The lowest BCUT2D eigenvalue weighted by atomic mass is 10.5. The maximum Gasteiger partial charge on any atom is 0.345 e. The average Bonchev–Trinajstić information content (AvgIpc) is 2.11. The summed E-state index contributed by atoms with van der Waals surface area (Å²) in [5.41, 5.74) is 0. The van der Waals surface area contributed by atoms with Crippen LogP contribution in [0.25, 0.3) is 0 Å². The van der Waals surface area contributed by atoms with Crippen LogP contribution in [0.1, 0.15) is 0 Å². The van der Waals surface area contributed by atoms with Gasteiger partial charge in [-0.1, -0.05) is 6.58 Å². The highest BCUT2D eigenvalue weighted by molar-refractivity contribution is 7.85. The van der Waals surface area contributed by atoms with Crippen molar-refractivity contribution < 1.29 is 14.3 Å². The number of ether oxygens (including phenoxy) is 1. The topological polar surface area (TPSA) is 55.4 Å². The molecule has 0 aliphatic carbocycles. The van der Waals surface area contributed by atoms with Crippen LogP contribution in [0.15, 0.2) is 23.8 Å². The van der Waals surface area contributed by atoms with Gasteiger partial charge in [0.1, 0.15) is 4.91 Å². The van der Waals surface area contributed by atoms with Crippen LogP contribution < -0.4 is 5.32 Å². The van der Waals surface area contributed by atoms with E-state index >= 15 is 0 Å². The summed E-state index contributed by atoms with van der Waals surface area (Å²) in [6, 6.07) is 0. The van der Waals surface area contributed by atoms with Crippen LogP contribution in [0.5, 0.6) is 0 Å². The lowest BCUT2D eigenvalue weighted by Gasteiger charge is -1.97. The molecule has 0 saturated heterocycles. The number of nitrogens with one attached hydrogen (secondary N) is 1. The van der Waals surface area contributed by atoms with Gasteiger partial charge >= 0.3 is 5.97 Å². The molecule has 0 saturated carbocycles. The minimum Gasteiger partial charge on any atom is -0.465 e. The third kappa shape index (κ3) is 3.82. The van der Waals surface area contributed by atoms with E-state index in [1.807, 2.05) is 0 Å². The Morgan fingerprint density at radius 3 is 2.58 bits per heavy atom. The fraction of sp³-hybridized carbons (Fsp3) is 0.143. The Bertz CT molecular complexity index is 235. The van der Waals surface area contributed by atoms with Crippen LogP contribution >= 0.6 is 12.6 Å². The van der Waals surface area contributed by atoms with Crippen molar-refractivity contribution in [3.8, 4) is 0 Å². The third-order valence-corrected chi connectivity index (χ3v) is 1.24. The van der Waals surface area contributed by atoms with E-state index in [0.717, 1.165) is 12.3 Å². The molecule has 0 spiro atoms. The summed E-state index contributed by atoms with van der Waals surface area (Å²) in [7, 11) is 1.22. The first-order chi connectivity index (χ1) is 5.61. The van der Waals surface area contributed by atoms with Gasteiger partial charge in [0.05, 0.1) is 7.11 Å². The number of esters is 1. The van der Waals surface area contributed by atoms with Crippen LogP contribution in [0, 0.1) is 0 Å². The van der Waals surface area contributed by atoms with Crippen molar-refractivity contribution in [3.63, 3.8) is 0 Å². The zero-order valence-corrected chi connectivity index (χ0v) is 7.43. The highest BCUT2D eigenvalue weighted by Gasteiger charge is 2.03. The molecule has 1 N–H and O–H groups in total. The lowest BCUT2D eigenvalue weighted by Crippen LogP contribution is -2.15. The number of carbonyl (C=O) groups excluding carboxylic acids is 2. The summed E-state index contributed by atoms with van der Waals surface area (Å²) in [5.74, 6) is -1.02. The van der Waals surface area contributed by atoms with Crippen molar-refractivity contribution in [1.82, 2.24) is 5.32 Å². The fourth-order valence-electron chi connectivity index (χ4n) is 0.362. The predicted octanol–water partition coefficient (Wildman–Crippen LogP) is 0.233. The normalized spacial score (nSPS) is 10.3. The van der Waals surface area contributed by atoms with E-state index in [4.69, 9.17) is 0 Å². The standard InChI is InChI=1S/C7H9NO3S/c1-3-6(9)8-4-5(12)7(10)11-2/h3-4,12H,1H2,2H3,(H,8,9). The fourth-order valence-corrected chi connectivity index (χ4v) is 0.518. The first-order valence-electron chi connectivity index (χ1n) is 3.02. The van der Waals surface area contributed by atoms with Crippen molar-refractivity contribution >= 4 is 24.5 Å². The third-order valence-electron chi connectivity index (χ3n) is 0.931. The minimum absolute atomic E-state index is 0.0210. The molecule has 4 nitrogen and oxygen atoms in total. The molecule has 0 rings (SSSR count). The van der Waals surface area contributed by atoms with E-state index in [0.29, 0.717) is 0 Å². The number of methoxy groups -OCH3 is 1. The Labute approximate surface area is 75.7 Å². The molecule has 0 atom stereocenters. The molecule has 0 heterocycles. The molecular formula is C7H9NO3S.